The number of aromatic nitrogens is 1. The van der Waals surface area contributed by atoms with Gasteiger partial charge in [0.15, 0.2) is 0 Å². The fraction of sp³-hybridized carbons (Fsp3) is 0.200. The second-order valence-corrected chi connectivity index (χ2v) is 7.14. The average molecular weight is 320 g/mol. The van der Waals surface area contributed by atoms with Gasteiger partial charge in [-0.25, -0.2) is 0 Å². The summed E-state index contributed by atoms with van der Waals surface area (Å²) in [6.45, 7) is 0.919. The molecule has 3 aromatic heterocycles. The quantitative estimate of drug-likeness (QED) is 0.443. The summed E-state index contributed by atoms with van der Waals surface area (Å²) in [6.07, 6.45) is 1.72. The minimum atomic E-state index is -0.200. The Morgan fingerprint density at radius 3 is 2.00 bits per heavy atom. The molecule has 0 aromatic carbocycles. The molecule has 3 aromatic rings. The van der Waals surface area contributed by atoms with Crippen LogP contribution in [0.25, 0.3) is 21.1 Å². The minimum Gasteiger partial charge on any atom is -0.339 e. The van der Waals surface area contributed by atoms with Crippen LogP contribution >= 0.6 is 31.1 Å². The highest BCUT2D eigenvalue weighted by Gasteiger charge is 2.13. The van der Waals surface area contributed by atoms with Gasteiger partial charge in [0, 0.05) is 13.0 Å². The molecule has 1 atom stereocenters. The molecule has 3 rings (SSSR count). The van der Waals surface area contributed by atoms with E-state index in [0.717, 1.165) is 19.1 Å². The summed E-state index contributed by atoms with van der Waals surface area (Å²) < 4.78 is 13.1. The van der Waals surface area contributed by atoms with Crippen molar-refractivity contribution in [3.8, 4) is 21.1 Å². The third-order valence-electron chi connectivity index (χ3n) is 3.19. The maximum atomic E-state index is 10.7. The van der Waals surface area contributed by atoms with Gasteiger partial charge in [0.2, 0.25) is 0 Å². The molecule has 0 spiro atoms. The van der Waals surface area contributed by atoms with E-state index in [2.05, 4.69) is 51.7 Å². The summed E-state index contributed by atoms with van der Waals surface area (Å²) in [5, 5.41) is 4.22. The monoisotopic (exact) mass is 320 g/mol. The van der Waals surface area contributed by atoms with Crippen molar-refractivity contribution < 1.29 is 4.57 Å². The molecule has 1 unspecified atom stereocenters. The van der Waals surface area contributed by atoms with Crippen LogP contribution in [0.3, 0.4) is 0 Å². The Hall–Kier alpha value is -1.22. The number of hydrogen-bond acceptors (Lipinski definition) is 3. The first-order valence-electron chi connectivity index (χ1n) is 6.52. The molecule has 2 nitrogen and oxygen atoms in total. The van der Waals surface area contributed by atoms with Crippen LogP contribution in [0.4, 0.5) is 0 Å². The molecule has 0 amide bonds. The predicted octanol–water partition coefficient (Wildman–Crippen LogP) is 5.36. The first-order valence-corrected chi connectivity index (χ1v) is 9.40. The van der Waals surface area contributed by atoms with Gasteiger partial charge in [-0.1, -0.05) is 16.7 Å². The van der Waals surface area contributed by atoms with E-state index in [-0.39, 0.29) is 8.46 Å². The zero-order valence-corrected chi connectivity index (χ0v) is 13.5. The predicted molar refractivity (Wildman–Crippen MR) is 89.5 cm³/mol. The van der Waals surface area contributed by atoms with Gasteiger partial charge in [-0.15, -0.1) is 22.7 Å². The molecule has 20 heavy (non-hydrogen) atoms. The smallest absolute Gasteiger partial charge is 0.324 e. The van der Waals surface area contributed by atoms with Gasteiger partial charge in [-0.05, 0) is 35.0 Å². The van der Waals surface area contributed by atoms with Gasteiger partial charge in [0.05, 0.1) is 21.1 Å². The fourth-order valence-electron chi connectivity index (χ4n) is 2.30. The van der Waals surface area contributed by atoms with E-state index in [4.69, 9.17) is 0 Å². The molecule has 0 N–H and O–H groups in total. The van der Waals surface area contributed by atoms with E-state index in [1.165, 1.54) is 21.1 Å². The standard InChI is InChI=1S/C15H14NOPS2/c17-18-9-3-8-16-12(14-4-1-10-19-14)6-7-13(16)15-5-2-11-20-15/h1-2,4-7,10-11H,3,8-9H2/p+1. The topological polar surface area (TPSA) is 22.0 Å². The van der Waals surface area contributed by atoms with E-state index >= 15 is 0 Å². The van der Waals surface area contributed by atoms with Gasteiger partial charge in [-0.2, -0.15) is 0 Å². The van der Waals surface area contributed by atoms with Gasteiger partial charge in [-0.3, -0.25) is 0 Å². The highest BCUT2D eigenvalue weighted by molar-refractivity contribution is 7.23. The van der Waals surface area contributed by atoms with E-state index in [9.17, 15) is 4.57 Å². The summed E-state index contributed by atoms with van der Waals surface area (Å²) in [7, 11) is -0.200. The molecule has 102 valence electrons. The lowest BCUT2D eigenvalue weighted by Gasteiger charge is -2.10. The van der Waals surface area contributed by atoms with Crippen molar-refractivity contribution in [2.24, 2.45) is 0 Å². The van der Waals surface area contributed by atoms with Crippen LogP contribution in [0.15, 0.2) is 47.2 Å². The number of thiophene rings is 2. The molecule has 3 heterocycles. The van der Waals surface area contributed by atoms with E-state index < -0.39 is 0 Å². The van der Waals surface area contributed by atoms with Crippen LogP contribution in [-0.4, -0.2) is 10.7 Å². The van der Waals surface area contributed by atoms with Crippen molar-refractivity contribution in [2.45, 2.75) is 13.0 Å². The highest BCUT2D eigenvalue weighted by atomic mass is 32.1. The lowest BCUT2D eigenvalue weighted by molar-refractivity contribution is 0.594. The largest absolute Gasteiger partial charge is 0.339 e. The highest BCUT2D eigenvalue weighted by Crippen LogP contribution is 2.33. The van der Waals surface area contributed by atoms with Gasteiger partial charge >= 0.3 is 8.46 Å². The third-order valence-corrected chi connectivity index (χ3v) is 5.53. The fourth-order valence-corrected chi connectivity index (χ4v) is 4.12. The zero-order chi connectivity index (χ0) is 13.8. The Bertz CT molecular complexity index is 619. The third kappa shape index (κ3) is 2.78. The Morgan fingerprint density at radius 1 is 0.950 bits per heavy atom. The van der Waals surface area contributed by atoms with Crippen LogP contribution in [0.1, 0.15) is 6.42 Å². The van der Waals surface area contributed by atoms with E-state index in [1.54, 1.807) is 22.7 Å². The molecular weight excluding hydrogens is 305 g/mol. The Morgan fingerprint density at radius 2 is 1.55 bits per heavy atom. The first-order chi connectivity index (χ1) is 9.90. The SMILES string of the molecule is O=[PH+]CCCn1c(-c2cccs2)ccc1-c1cccs1. The van der Waals surface area contributed by atoms with Crippen LogP contribution in [-0.2, 0) is 11.1 Å². The summed E-state index contributed by atoms with van der Waals surface area (Å²) >= 11 is 3.53. The lowest BCUT2D eigenvalue weighted by Crippen LogP contribution is -2.01. The van der Waals surface area contributed by atoms with Crippen LogP contribution in [0.5, 0.6) is 0 Å². The number of rotatable bonds is 6. The maximum Gasteiger partial charge on any atom is 0.324 e. The minimum absolute atomic E-state index is 0.200. The second kappa shape index (κ2) is 6.49. The molecular formula is C15H15NOPS2+. The zero-order valence-electron chi connectivity index (χ0n) is 10.9. The summed E-state index contributed by atoms with van der Waals surface area (Å²) in [5.74, 6) is 0. The van der Waals surface area contributed by atoms with Gasteiger partial charge in [0.1, 0.15) is 6.16 Å². The van der Waals surface area contributed by atoms with Crippen LogP contribution < -0.4 is 0 Å². The summed E-state index contributed by atoms with van der Waals surface area (Å²) in [6, 6.07) is 12.9. The molecule has 0 radical (unpaired) electrons. The molecule has 0 aliphatic heterocycles. The average Bonchev–Trinajstić information content (AvgIpc) is 3.19. The number of hydrogen-bond donors (Lipinski definition) is 0. The first kappa shape index (κ1) is 13.7. The molecule has 0 aliphatic rings. The molecule has 0 saturated heterocycles. The molecule has 0 aliphatic carbocycles. The van der Waals surface area contributed by atoms with Gasteiger partial charge < -0.3 is 4.57 Å². The molecule has 5 heteroatoms. The molecule has 0 bridgehead atoms. The van der Waals surface area contributed by atoms with Gasteiger partial charge in [0.25, 0.3) is 0 Å². The van der Waals surface area contributed by atoms with Crippen molar-refractivity contribution in [3.05, 3.63) is 47.2 Å². The Kier molecular flexibility index (Phi) is 4.46. The lowest BCUT2D eigenvalue weighted by atomic mass is 10.3. The van der Waals surface area contributed by atoms with Crippen molar-refractivity contribution in [3.63, 3.8) is 0 Å². The van der Waals surface area contributed by atoms with Crippen LogP contribution in [0, 0.1) is 0 Å². The molecule has 0 fully saturated rings. The summed E-state index contributed by atoms with van der Waals surface area (Å²) in [5.41, 5.74) is 2.52. The van der Waals surface area contributed by atoms with Crippen molar-refractivity contribution in [1.29, 1.82) is 0 Å². The normalized spacial score (nSPS) is 11.2. The van der Waals surface area contributed by atoms with Crippen molar-refractivity contribution in [1.82, 2.24) is 4.57 Å². The second-order valence-electron chi connectivity index (χ2n) is 4.46. The number of nitrogens with zero attached hydrogens (tertiary/aromatic N) is 1. The van der Waals surface area contributed by atoms with Crippen LogP contribution in [0.2, 0.25) is 0 Å². The van der Waals surface area contributed by atoms with Crippen molar-refractivity contribution >= 4 is 31.1 Å². The Labute approximate surface area is 127 Å². The van der Waals surface area contributed by atoms with E-state index in [1.807, 2.05) is 0 Å². The van der Waals surface area contributed by atoms with E-state index in [0.29, 0.717) is 0 Å². The maximum absolute atomic E-state index is 10.7. The Balaban J connectivity index is 2.00. The molecule has 0 saturated carbocycles. The summed E-state index contributed by atoms with van der Waals surface area (Å²) in [4.78, 5) is 2.58. The van der Waals surface area contributed by atoms with Crippen molar-refractivity contribution in [2.75, 3.05) is 6.16 Å².